The highest BCUT2D eigenvalue weighted by Gasteiger charge is 2.24. The molecule has 0 aromatic carbocycles. The predicted octanol–water partition coefficient (Wildman–Crippen LogP) is 1.85. The van der Waals surface area contributed by atoms with E-state index in [1.54, 1.807) is 24.3 Å². The number of morpholine rings is 1. The Labute approximate surface area is 133 Å². The molecule has 7 heteroatoms. The molecule has 0 radical (unpaired) electrons. The van der Waals surface area contributed by atoms with Crippen molar-refractivity contribution in [2.45, 2.75) is 13.0 Å². The monoisotopic (exact) mass is 321 g/mol. The van der Waals surface area contributed by atoms with E-state index in [2.05, 4.69) is 26.8 Å². The van der Waals surface area contributed by atoms with Gasteiger partial charge < -0.3 is 14.6 Å². The number of aromatic nitrogens is 1. The topological polar surface area (TPSA) is 67.6 Å². The van der Waals surface area contributed by atoms with Gasteiger partial charge >= 0.3 is 0 Å². The van der Waals surface area contributed by atoms with E-state index < -0.39 is 0 Å². The first-order chi connectivity index (χ1) is 10.7. The Morgan fingerprint density at radius 3 is 2.95 bits per heavy atom. The van der Waals surface area contributed by atoms with Crippen LogP contribution < -0.4 is 5.32 Å². The maximum absolute atomic E-state index is 12.1. The number of nitrogens with zero attached hydrogens (tertiary/aromatic N) is 2. The summed E-state index contributed by atoms with van der Waals surface area (Å²) in [6.07, 6.45) is 0. The van der Waals surface area contributed by atoms with Crippen molar-refractivity contribution in [3.05, 3.63) is 39.9 Å². The average molecular weight is 321 g/mol. The van der Waals surface area contributed by atoms with Gasteiger partial charge in [0.05, 0.1) is 19.3 Å². The fraction of sp³-hybridized carbons (Fsp3) is 0.467. The molecule has 1 amide bonds. The third kappa shape index (κ3) is 3.55. The van der Waals surface area contributed by atoms with E-state index in [0.717, 1.165) is 26.3 Å². The van der Waals surface area contributed by atoms with Crippen LogP contribution >= 0.6 is 11.3 Å². The van der Waals surface area contributed by atoms with Crippen molar-refractivity contribution in [3.63, 3.8) is 0 Å². The molecule has 6 nitrogen and oxygen atoms in total. The third-order valence-corrected chi connectivity index (χ3v) is 4.65. The maximum Gasteiger partial charge on any atom is 0.273 e. The molecule has 3 rings (SSSR count). The van der Waals surface area contributed by atoms with Gasteiger partial charge in [-0.25, -0.2) is 0 Å². The third-order valence-electron chi connectivity index (χ3n) is 3.67. The number of carbonyl (C=O) groups is 1. The Morgan fingerprint density at radius 2 is 2.32 bits per heavy atom. The van der Waals surface area contributed by atoms with Crippen LogP contribution in [-0.4, -0.2) is 48.8 Å². The standard InChI is InChI=1S/C15H19N3O3S/c1-11-9-12(17-21-11)15(19)16-10-13(14-3-2-8-22-14)18-4-6-20-7-5-18/h2-3,8-9,13H,4-7,10H2,1H3,(H,16,19). The summed E-state index contributed by atoms with van der Waals surface area (Å²) in [5, 5.41) is 8.77. The minimum atomic E-state index is -0.202. The van der Waals surface area contributed by atoms with Crippen LogP contribution in [0.25, 0.3) is 0 Å². The summed E-state index contributed by atoms with van der Waals surface area (Å²) in [5.41, 5.74) is 0.324. The molecular formula is C15H19N3O3S. The zero-order valence-electron chi connectivity index (χ0n) is 12.4. The lowest BCUT2D eigenvalue weighted by Gasteiger charge is -2.34. The van der Waals surface area contributed by atoms with Gasteiger partial charge in [-0.2, -0.15) is 0 Å². The van der Waals surface area contributed by atoms with E-state index >= 15 is 0 Å². The van der Waals surface area contributed by atoms with Crippen molar-refractivity contribution >= 4 is 17.2 Å². The first kappa shape index (κ1) is 15.2. The maximum atomic E-state index is 12.1. The minimum Gasteiger partial charge on any atom is -0.379 e. The normalized spacial score (nSPS) is 17.3. The fourth-order valence-corrected chi connectivity index (χ4v) is 3.39. The molecular weight excluding hydrogens is 302 g/mol. The highest BCUT2D eigenvalue weighted by Crippen LogP contribution is 2.25. The molecule has 1 N–H and O–H groups in total. The molecule has 0 bridgehead atoms. The van der Waals surface area contributed by atoms with Gasteiger partial charge in [-0.05, 0) is 18.4 Å². The van der Waals surface area contributed by atoms with Crippen molar-refractivity contribution in [1.29, 1.82) is 0 Å². The molecule has 0 spiro atoms. The summed E-state index contributed by atoms with van der Waals surface area (Å²) in [5.74, 6) is 0.430. The van der Waals surface area contributed by atoms with Crippen LogP contribution in [0.4, 0.5) is 0 Å². The smallest absolute Gasteiger partial charge is 0.273 e. The molecule has 3 heterocycles. The molecule has 1 aliphatic rings. The largest absolute Gasteiger partial charge is 0.379 e. The molecule has 0 aliphatic carbocycles. The van der Waals surface area contributed by atoms with E-state index in [-0.39, 0.29) is 11.9 Å². The van der Waals surface area contributed by atoms with Crippen LogP contribution in [0.2, 0.25) is 0 Å². The first-order valence-electron chi connectivity index (χ1n) is 7.31. The molecule has 1 aliphatic heterocycles. The van der Waals surface area contributed by atoms with Crippen molar-refractivity contribution < 1.29 is 14.1 Å². The molecule has 1 saturated heterocycles. The number of aryl methyl sites for hydroxylation is 1. The molecule has 118 valence electrons. The van der Waals surface area contributed by atoms with Gasteiger partial charge in [0.2, 0.25) is 0 Å². The van der Waals surface area contributed by atoms with Crippen molar-refractivity contribution in [3.8, 4) is 0 Å². The van der Waals surface area contributed by atoms with Crippen molar-refractivity contribution in [2.24, 2.45) is 0 Å². The Hall–Kier alpha value is -1.70. The quantitative estimate of drug-likeness (QED) is 0.910. The molecule has 2 aromatic rings. The lowest BCUT2D eigenvalue weighted by molar-refractivity contribution is 0.0169. The number of amides is 1. The van der Waals surface area contributed by atoms with Crippen molar-refractivity contribution in [1.82, 2.24) is 15.4 Å². The lowest BCUT2D eigenvalue weighted by atomic mass is 10.2. The number of ether oxygens (including phenoxy) is 1. The van der Waals surface area contributed by atoms with Crippen LogP contribution in [0, 0.1) is 6.92 Å². The molecule has 22 heavy (non-hydrogen) atoms. The van der Waals surface area contributed by atoms with Gasteiger partial charge in [0.1, 0.15) is 5.76 Å². The number of thiophene rings is 1. The Morgan fingerprint density at radius 1 is 1.50 bits per heavy atom. The second-order valence-corrected chi connectivity index (χ2v) is 6.19. The number of hydrogen-bond donors (Lipinski definition) is 1. The SMILES string of the molecule is Cc1cc(C(=O)NCC(c2cccs2)N2CCOCC2)no1. The molecule has 2 aromatic heterocycles. The fourth-order valence-electron chi connectivity index (χ4n) is 2.53. The van der Waals surface area contributed by atoms with Crippen LogP contribution in [-0.2, 0) is 4.74 Å². The van der Waals surface area contributed by atoms with Gasteiger partial charge in [0, 0.05) is 30.6 Å². The Bertz CT molecular complexity index is 605. The number of carbonyl (C=O) groups excluding carboxylic acids is 1. The lowest BCUT2D eigenvalue weighted by Crippen LogP contribution is -2.43. The van der Waals surface area contributed by atoms with E-state index in [9.17, 15) is 4.79 Å². The Kier molecular flexibility index (Phi) is 4.87. The van der Waals surface area contributed by atoms with E-state index in [4.69, 9.17) is 9.26 Å². The van der Waals surface area contributed by atoms with Gasteiger partial charge in [0.25, 0.3) is 5.91 Å². The van der Waals surface area contributed by atoms with Crippen molar-refractivity contribution in [2.75, 3.05) is 32.8 Å². The molecule has 1 fully saturated rings. The van der Waals surface area contributed by atoms with Gasteiger partial charge in [-0.3, -0.25) is 9.69 Å². The van der Waals surface area contributed by atoms with E-state index in [1.165, 1.54) is 4.88 Å². The highest BCUT2D eigenvalue weighted by molar-refractivity contribution is 7.10. The zero-order valence-corrected chi connectivity index (χ0v) is 13.3. The van der Waals surface area contributed by atoms with Gasteiger partial charge in [0.15, 0.2) is 5.69 Å². The van der Waals surface area contributed by atoms with Crippen LogP contribution in [0.5, 0.6) is 0 Å². The van der Waals surface area contributed by atoms with Crippen LogP contribution in [0.1, 0.15) is 27.2 Å². The average Bonchev–Trinajstić information content (AvgIpc) is 3.20. The predicted molar refractivity (Wildman–Crippen MR) is 83.0 cm³/mol. The van der Waals surface area contributed by atoms with E-state index in [0.29, 0.717) is 18.0 Å². The van der Waals surface area contributed by atoms with Crippen LogP contribution in [0.3, 0.4) is 0 Å². The second kappa shape index (κ2) is 7.04. The van der Waals surface area contributed by atoms with Crippen LogP contribution in [0.15, 0.2) is 28.1 Å². The second-order valence-electron chi connectivity index (χ2n) is 5.21. The summed E-state index contributed by atoms with van der Waals surface area (Å²) in [6.45, 7) is 5.54. The number of nitrogens with one attached hydrogen (secondary N) is 1. The summed E-state index contributed by atoms with van der Waals surface area (Å²) in [4.78, 5) is 15.7. The van der Waals surface area contributed by atoms with E-state index in [1.807, 2.05) is 6.07 Å². The summed E-state index contributed by atoms with van der Waals surface area (Å²) in [7, 11) is 0. The summed E-state index contributed by atoms with van der Waals surface area (Å²) >= 11 is 1.71. The first-order valence-corrected chi connectivity index (χ1v) is 8.19. The molecule has 1 atom stereocenters. The van der Waals surface area contributed by atoms with Gasteiger partial charge in [-0.15, -0.1) is 11.3 Å². The summed E-state index contributed by atoms with van der Waals surface area (Å²) in [6, 6.07) is 5.96. The number of rotatable bonds is 5. The molecule has 1 unspecified atom stereocenters. The van der Waals surface area contributed by atoms with Gasteiger partial charge in [-0.1, -0.05) is 11.2 Å². The highest BCUT2D eigenvalue weighted by atomic mass is 32.1. The minimum absolute atomic E-state index is 0.167. The molecule has 0 saturated carbocycles. The number of hydrogen-bond acceptors (Lipinski definition) is 6. The summed E-state index contributed by atoms with van der Waals surface area (Å²) < 4.78 is 10.4. The zero-order chi connectivity index (χ0) is 15.4. The Balaban J connectivity index is 1.66.